The van der Waals surface area contributed by atoms with E-state index in [1.807, 2.05) is 0 Å². The first-order valence-corrected chi connectivity index (χ1v) is 9.00. The molecule has 1 atom stereocenters. The van der Waals surface area contributed by atoms with Crippen molar-refractivity contribution in [2.75, 3.05) is 13.1 Å². The van der Waals surface area contributed by atoms with Gasteiger partial charge in [-0.05, 0) is 56.9 Å². The van der Waals surface area contributed by atoms with Crippen molar-refractivity contribution in [3.8, 4) is 0 Å². The molecule has 2 aliphatic rings. The lowest BCUT2D eigenvalue weighted by Crippen LogP contribution is -2.37. The third-order valence-corrected chi connectivity index (χ3v) is 5.48. The van der Waals surface area contributed by atoms with Gasteiger partial charge in [0, 0.05) is 19.3 Å². The molecule has 1 unspecified atom stereocenters. The second kappa shape index (κ2) is 7.35. The van der Waals surface area contributed by atoms with Gasteiger partial charge in [-0.2, -0.15) is 13.2 Å². The molecule has 1 aliphatic heterocycles. The van der Waals surface area contributed by atoms with Crippen LogP contribution in [-0.4, -0.2) is 28.5 Å². The Morgan fingerprint density at radius 1 is 1.24 bits per heavy atom. The number of hydrogen-bond donors (Lipinski definition) is 2. The third kappa shape index (κ3) is 4.16. The Bertz CT molecular complexity index is 606. The minimum Gasteiger partial charge on any atom is -0.355 e. The van der Waals surface area contributed by atoms with Gasteiger partial charge in [0.1, 0.15) is 5.82 Å². The fourth-order valence-corrected chi connectivity index (χ4v) is 3.91. The second-order valence-corrected chi connectivity index (χ2v) is 7.24. The summed E-state index contributed by atoms with van der Waals surface area (Å²) in [5.41, 5.74) is 4.77. The number of alkyl halides is 3. The minimum absolute atomic E-state index is 0.207. The summed E-state index contributed by atoms with van der Waals surface area (Å²) in [6, 6.07) is 0. The maximum Gasteiger partial charge on any atom is 0.434 e. The van der Waals surface area contributed by atoms with Gasteiger partial charge < -0.3 is 15.6 Å². The number of halogens is 3. The Hall–Kier alpha value is -1.57. The van der Waals surface area contributed by atoms with Crippen LogP contribution in [0, 0.1) is 11.8 Å². The van der Waals surface area contributed by atoms with Gasteiger partial charge in [-0.1, -0.05) is 0 Å². The van der Waals surface area contributed by atoms with Crippen molar-refractivity contribution in [1.29, 1.82) is 0 Å². The zero-order valence-corrected chi connectivity index (χ0v) is 14.2. The number of amides is 1. The van der Waals surface area contributed by atoms with E-state index in [4.69, 9.17) is 5.73 Å². The first-order chi connectivity index (χ1) is 11.9. The highest BCUT2D eigenvalue weighted by molar-refractivity contribution is 5.82. The van der Waals surface area contributed by atoms with Crippen molar-refractivity contribution >= 4 is 5.91 Å². The van der Waals surface area contributed by atoms with Crippen LogP contribution < -0.4 is 11.1 Å². The van der Waals surface area contributed by atoms with Crippen molar-refractivity contribution in [2.24, 2.45) is 17.6 Å². The van der Waals surface area contributed by atoms with Gasteiger partial charge in [0.2, 0.25) is 5.91 Å². The largest absolute Gasteiger partial charge is 0.434 e. The van der Waals surface area contributed by atoms with Crippen LogP contribution in [0.5, 0.6) is 0 Å². The fraction of sp³-hybridized carbons (Fsp3) is 0.765. The number of carbonyl (C=O) groups excluding carboxylic acids is 1. The Kier molecular flexibility index (Phi) is 5.36. The van der Waals surface area contributed by atoms with E-state index >= 15 is 0 Å². The molecule has 5 nitrogen and oxygen atoms in total. The molecule has 3 N–H and O–H groups in total. The summed E-state index contributed by atoms with van der Waals surface area (Å²) in [4.78, 5) is 16.2. The highest BCUT2D eigenvalue weighted by Gasteiger charge is 2.38. The van der Waals surface area contributed by atoms with Crippen molar-refractivity contribution < 1.29 is 18.0 Å². The topological polar surface area (TPSA) is 72.9 Å². The van der Waals surface area contributed by atoms with E-state index < -0.39 is 17.8 Å². The number of nitrogens with zero attached hydrogens (tertiary/aromatic N) is 2. The van der Waals surface area contributed by atoms with Gasteiger partial charge in [-0.15, -0.1) is 0 Å². The minimum atomic E-state index is -4.48. The van der Waals surface area contributed by atoms with E-state index in [9.17, 15) is 18.0 Å². The molecule has 8 heteroatoms. The summed E-state index contributed by atoms with van der Waals surface area (Å²) in [5.74, 6) is 0.453. The number of nitrogens with one attached hydrogen (secondary N) is 1. The van der Waals surface area contributed by atoms with Gasteiger partial charge in [0.15, 0.2) is 5.69 Å². The number of imidazole rings is 1. The van der Waals surface area contributed by atoms with Crippen LogP contribution in [-0.2, 0) is 17.5 Å². The third-order valence-electron chi connectivity index (χ3n) is 5.48. The molecule has 25 heavy (non-hydrogen) atoms. The molecule has 0 radical (unpaired) electrons. The Balaban J connectivity index is 1.59. The van der Waals surface area contributed by atoms with Gasteiger partial charge in [-0.25, -0.2) is 4.98 Å². The van der Waals surface area contributed by atoms with E-state index in [0.717, 1.165) is 31.9 Å². The van der Waals surface area contributed by atoms with Crippen LogP contribution in [0.15, 0.2) is 6.20 Å². The first kappa shape index (κ1) is 18.2. The first-order valence-electron chi connectivity index (χ1n) is 9.00. The van der Waals surface area contributed by atoms with Crippen molar-refractivity contribution in [3.05, 3.63) is 17.7 Å². The quantitative estimate of drug-likeness (QED) is 0.869. The predicted octanol–water partition coefficient (Wildman–Crippen LogP) is 2.66. The fourth-order valence-electron chi connectivity index (χ4n) is 3.91. The van der Waals surface area contributed by atoms with Gasteiger partial charge in [-0.3, -0.25) is 4.79 Å². The summed E-state index contributed by atoms with van der Waals surface area (Å²) < 4.78 is 40.1. The molecule has 1 saturated carbocycles. The lowest BCUT2D eigenvalue weighted by Gasteiger charge is -2.28. The Morgan fingerprint density at radius 3 is 2.56 bits per heavy atom. The highest BCUT2D eigenvalue weighted by atomic mass is 19.4. The van der Waals surface area contributed by atoms with Gasteiger partial charge in [0.05, 0.1) is 5.92 Å². The van der Waals surface area contributed by atoms with E-state index in [-0.39, 0.29) is 11.7 Å². The summed E-state index contributed by atoms with van der Waals surface area (Å²) in [6.45, 7) is 1.77. The molecular formula is C17H25F3N4O. The number of fused-ring (bicyclic) bond motifs is 1. The number of rotatable bonds is 4. The molecule has 1 amide bonds. The van der Waals surface area contributed by atoms with Crippen LogP contribution in [0.1, 0.15) is 56.0 Å². The zero-order chi connectivity index (χ0) is 18.0. The lowest BCUT2D eigenvalue weighted by molar-refractivity contribution is -0.141. The summed E-state index contributed by atoms with van der Waals surface area (Å²) in [7, 11) is 0. The molecule has 3 rings (SSSR count). The molecule has 1 aromatic rings. The number of nitrogens with two attached hydrogens (primary N) is 1. The molecule has 1 fully saturated rings. The average molecular weight is 358 g/mol. The molecule has 1 aromatic heterocycles. The van der Waals surface area contributed by atoms with Crippen LogP contribution >= 0.6 is 0 Å². The maximum absolute atomic E-state index is 12.9. The van der Waals surface area contributed by atoms with Crippen LogP contribution in [0.25, 0.3) is 0 Å². The number of hydrogen-bond acceptors (Lipinski definition) is 3. The highest BCUT2D eigenvalue weighted by Crippen LogP contribution is 2.34. The molecule has 1 aliphatic carbocycles. The molecular weight excluding hydrogens is 333 g/mol. The number of aromatic nitrogens is 2. The van der Waals surface area contributed by atoms with Crippen LogP contribution in [0.2, 0.25) is 0 Å². The smallest absolute Gasteiger partial charge is 0.355 e. The van der Waals surface area contributed by atoms with Crippen LogP contribution in [0.4, 0.5) is 13.2 Å². The van der Waals surface area contributed by atoms with E-state index in [1.54, 1.807) is 0 Å². The molecule has 2 heterocycles. The molecule has 0 aromatic carbocycles. The predicted molar refractivity (Wildman–Crippen MR) is 86.7 cm³/mol. The molecule has 0 saturated heterocycles. The summed E-state index contributed by atoms with van der Waals surface area (Å²) >= 11 is 0. The lowest BCUT2D eigenvalue weighted by atomic mass is 9.82. The van der Waals surface area contributed by atoms with Crippen LogP contribution in [0.3, 0.4) is 0 Å². The SMILES string of the molecule is NCC1CCC(CNC(=O)C2CCCn3cc(C(F)(F)F)nc32)CC1. The standard InChI is InChI=1S/C17H25F3N4O/c18-17(19,20)14-10-24-7-1-2-13(15(24)23-14)16(25)22-9-12-5-3-11(8-21)4-6-12/h10-13H,1-9,21H2,(H,22,25). The van der Waals surface area contributed by atoms with E-state index in [0.29, 0.717) is 44.3 Å². The van der Waals surface area contributed by atoms with Gasteiger partial charge >= 0.3 is 6.18 Å². The molecule has 0 spiro atoms. The normalized spacial score (nSPS) is 27.0. The summed E-state index contributed by atoms with van der Waals surface area (Å²) in [6.07, 6.45) is 2.01. The second-order valence-electron chi connectivity index (χ2n) is 7.24. The van der Waals surface area contributed by atoms with Crippen molar-refractivity contribution in [1.82, 2.24) is 14.9 Å². The monoisotopic (exact) mass is 358 g/mol. The average Bonchev–Trinajstić information content (AvgIpc) is 3.04. The number of carbonyl (C=O) groups is 1. The van der Waals surface area contributed by atoms with E-state index in [2.05, 4.69) is 10.3 Å². The number of aryl methyl sites for hydroxylation is 1. The Morgan fingerprint density at radius 2 is 1.92 bits per heavy atom. The van der Waals surface area contributed by atoms with E-state index in [1.165, 1.54) is 4.57 Å². The van der Waals surface area contributed by atoms with Crippen molar-refractivity contribution in [2.45, 2.75) is 57.2 Å². The zero-order valence-electron chi connectivity index (χ0n) is 14.2. The van der Waals surface area contributed by atoms with Crippen molar-refractivity contribution in [3.63, 3.8) is 0 Å². The molecule has 0 bridgehead atoms. The Labute approximate surface area is 145 Å². The molecule has 140 valence electrons. The maximum atomic E-state index is 12.9. The summed E-state index contributed by atoms with van der Waals surface area (Å²) in [5, 5.41) is 2.94. The van der Waals surface area contributed by atoms with Gasteiger partial charge in [0.25, 0.3) is 0 Å².